The van der Waals surface area contributed by atoms with Crippen molar-refractivity contribution in [3.63, 3.8) is 0 Å². The molecule has 1 saturated heterocycles. The van der Waals surface area contributed by atoms with Crippen LogP contribution in [0.5, 0.6) is 5.75 Å². The van der Waals surface area contributed by atoms with Crippen molar-refractivity contribution in [3.05, 3.63) is 75.6 Å². The van der Waals surface area contributed by atoms with Gasteiger partial charge in [-0.05, 0) is 80.3 Å². The van der Waals surface area contributed by atoms with Gasteiger partial charge in [0, 0.05) is 45.1 Å². The van der Waals surface area contributed by atoms with Crippen LogP contribution < -0.4 is 26.2 Å². The highest BCUT2D eigenvalue weighted by atomic mass is 16.5. The summed E-state index contributed by atoms with van der Waals surface area (Å²) in [7, 11) is 3.12. The Balaban J connectivity index is 0.00000243. The van der Waals surface area contributed by atoms with Crippen molar-refractivity contribution in [3.8, 4) is 5.75 Å². The van der Waals surface area contributed by atoms with Gasteiger partial charge in [-0.3, -0.25) is 33.7 Å². The number of carbonyl (C=O) groups is 5. The van der Waals surface area contributed by atoms with Crippen LogP contribution in [0.2, 0.25) is 0 Å². The van der Waals surface area contributed by atoms with Crippen LogP contribution in [0.25, 0.3) is 10.9 Å². The second kappa shape index (κ2) is 20.7. The van der Waals surface area contributed by atoms with E-state index in [0.29, 0.717) is 56.8 Å². The molecule has 4 rings (SSSR count). The minimum Gasteiger partial charge on any atom is -0.497 e. The molecule has 1 aromatic heterocycles. The van der Waals surface area contributed by atoms with Crippen LogP contribution in [0.15, 0.2) is 53.3 Å². The number of hydrogen-bond acceptors (Lipinski definition) is 8. The molecule has 4 amide bonds. The normalized spacial score (nSPS) is 20.0. The number of aryl methyl sites for hydroxylation is 1. The van der Waals surface area contributed by atoms with Gasteiger partial charge in [-0.25, -0.2) is 0 Å². The topological polar surface area (TPSA) is 190 Å². The Bertz CT molecular complexity index is 1760. The molecule has 53 heavy (non-hydrogen) atoms. The lowest BCUT2D eigenvalue weighted by atomic mass is 10.00. The van der Waals surface area contributed by atoms with Gasteiger partial charge in [0.05, 0.1) is 12.6 Å². The maximum atomic E-state index is 13.9. The summed E-state index contributed by atoms with van der Waals surface area (Å²) in [6.45, 7) is 9.12. The predicted molar refractivity (Wildman–Crippen MR) is 202 cm³/mol. The summed E-state index contributed by atoms with van der Waals surface area (Å²) in [6.07, 6.45) is 1.84. The Hall–Kier alpha value is -5.24. The number of likely N-dealkylation sites (N-methyl/N-ethyl adjacent to an activating group) is 1. The molecule has 288 valence electrons. The first-order valence-electron chi connectivity index (χ1n) is 18.0. The first-order chi connectivity index (χ1) is 25.3. The van der Waals surface area contributed by atoms with E-state index >= 15 is 0 Å². The quantitative estimate of drug-likeness (QED) is 0.227. The number of nitrogens with zero attached hydrogens (tertiary/aromatic N) is 2. The predicted octanol–water partition coefficient (Wildman–Crippen LogP) is 2.75. The van der Waals surface area contributed by atoms with E-state index in [1.54, 1.807) is 33.2 Å². The van der Waals surface area contributed by atoms with Crippen LogP contribution in [-0.4, -0.2) is 102 Å². The van der Waals surface area contributed by atoms with Gasteiger partial charge >= 0.3 is 0 Å². The molecule has 3 atom stereocenters. The van der Waals surface area contributed by atoms with Crippen molar-refractivity contribution in [1.82, 2.24) is 30.7 Å². The number of carboxylic acid groups (broad SMARTS) is 1. The minimum absolute atomic E-state index is 0.0883. The van der Waals surface area contributed by atoms with Crippen LogP contribution in [-0.2, 0) is 36.9 Å². The van der Waals surface area contributed by atoms with Gasteiger partial charge in [-0.2, -0.15) is 0 Å². The molecule has 0 aliphatic carbocycles. The Morgan fingerprint density at radius 3 is 2.30 bits per heavy atom. The molecule has 1 aliphatic heterocycles. The second-order valence-corrected chi connectivity index (χ2v) is 13.8. The SMILES string of the molecule is COc1ccc(C[C@@H]2NC(=O)[C@@H](CC(C)C)NC(=O)CCCN(Cc3cc4cccc(C)c4[nH]c3=O)CCCNC(=O)[C@H](C)N(C)C2=O)cc1.O=CO. The number of ether oxygens (including phenoxy) is 1. The Morgan fingerprint density at radius 2 is 1.64 bits per heavy atom. The molecule has 0 unspecified atom stereocenters. The second-order valence-electron chi connectivity index (χ2n) is 13.8. The summed E-state index contributed by atoms with van der Waals surface area (Å²) in [5, 5.41) is 16.6. The number of nitrogens with one attached hydrogen (secondary N) is 4. The molecule has 2 heterocycles. The summed E-state index contributed by atoms with van der Waals surface area (Å²) in [4.78, 5) is 82.0. The van der Waals surface area contributed by atoms with E-state index in [1.807, 2.05) is 57.2 Å². The molecule has 3 aromatic rings. The minimum atomic E-state index is -0.975. The highest BCUT2D eigenvalue weighted by molar-refractivity contribution is 5.94. The van der Waals surface area contributed by atoms with Crippen LogP contribution in [0.1, 0.15) is 63.1 Å². The highest BCUT2D eigenvalue weighted by Gasteiger charge is 2.32. The lowest BCUT2D eigenvalue weighted by Gasteiger charge is -2.30. The molecule has 2 aromatic carbocycles. The third-order valence-corrected chi connectivity index (χ3v) is 9.27. The first-order valence-corrected chi connectivity index (χ1v) is 18.0. The number of aromatic nitrogens is 1. The van der Waals surface area contributed by atoms with Gasteiger partial charge in [-0.1, -0.05) is 44.2 Å². The van der Waals surface area contributed by atoms with Gasteiger partial charge in [0.15, 0.2) is 0 Å². The van der Waals surface area contributed by atoms with E-state index in [1.165, 1.54) is 4.90 Å². The fourth-order valence-corrected chi connectivity index (χ4v) is 6.23. The molecule has 0 radical (unpaired) electrons. The van der Waals surface area contributed by atoms with Crippen LogP contribution in [0.4, 0.5) is 0 Å². The average molecular weight is 735 g/mol. The zero-order valence-corrected chi connectivity index (χ0v) is 31.6. The van der Waals surface area contributed by atoms with Crippen LogP contribution >= 0.6 is 0 Å². The number of hydrogen-bond donors (Lipinski definition) is 5. The van der Waals surface area contributed by atoms with Crippen LogP contribution in [0.3, 0.4) is 0 Å². The summed E-state index contributed by atoms with van der Waals surface area (Å²) in [5.41, 5.74) is 3.05. The highest BCUT2D eigenvalue weighted by Crippen LogP contribution is 2.17. The zero-order valence-electron chi connectivity index (χ0n) is 31.6. The number of H-pyrrole nitrogens is 1. The number of para-hydroxylation sites is 1. The molecule has 5 N–H and O–H groups in total. The third-order valence-electron chi connectivity index (χ3n) is 9.27. The van der Waals surface area contributed by atoms with E-state index in [-0.39, 0.29) is 42.6 Å². The number of benzene rings is 2. The summed E-state index contributed by atoms with van der Waals surface area (Å²) in [5.74, 6) is -0.703. The Morgan fingerprint density at radius 1 is 0.962 bits per heavy atom. The molecule has 1 fully saturated rings. The fourth-order valence-electron chi connectivity index (χ4n) is 6.23. The van der Waals surface area contributed by atoms with Gasteiger partial charge in [0.1, 0.15) is 23.9 Å². The van der Waals surface area contributed by atoms with Gasteiger partial charge in [0.25, 0.3) is 12.0 Å². The molecule has 14 heteroatoms. The van der Waals surface area contributed by atoms with Crippen molar-refractivity contribution >= 4 is 41.0 Å². The number of carbonyl (C=O) groups excluding carboxylic acids is 4. The molecular formula is C39H54N6O8. The van der Waals surface area contributed by atoms with E-state index < -0.39 is 29.9 Å². The van der Waals surface area contributed by atoms with Crippen molar-refractivity contribution in [2.45, 2.75) is 84.5 Å². The van der Waals surface area contributed by atoms with Crippen molar-refractivity contribution in [2.24, 2.45) is 5.92 Å². The largest absolute Gasteiger partial charge is 0.497 e. The van der Waals surface area contributed by atoms with E-state index in [2.05, 4.69) is 25.8 Å². The summed E-state index contributed by atoms with van der Waals surface area (Å²) < 4.78 is 5.26. The van der Waals surface area contributed by atoms with Gasteiger partial charge in [0.2, 0.25) is 23.6 Å². The first kappa shape index (κ1) is 42.2. The van der Waals surface area contributed by atoms with Gasteiger partial charge < -0.3 is 35.7 Å². The molecule has 14 nitrogen and oxygen atoms in total. The van der Waals surface area contributed by atoms with E-state index in [9.17, 15) is 24.0 Å². The number of amides is 4. The lowest BCUT2D eigenvalue weighted by Crippen LogP contribution is -2.57. The maximum absolute atomic E-state index is 13.9. The smallest absolute Gasteiger partial charge is 0.290 e. The molecule has 0 saturated carbocycles. The van der Waals surface area contributed by atoms with Gasteiger partial charge in [-0.15, -0.1) is 0 Å². The average Bonchev–Trinajstić information content (AvgIpc) is 3.12. The maximum Gasteiger partial charge on any atom is 0.290 e. The van der Waals surface area contributed by atoms with Crippen LogP contribution in [0, 0.1) is 12.8 Å². The number of methoxy groups -OCH3 is 1. The Kier molecular flexibility index (Phi) is 16.5. The third kappa shape index (κ3) is 12.7. The van der Waals surface area contributed by atoms with E-state index in [4.69, 9.17) is 14.6 Å². The molecule has 0 bridgehead atoms. The van der Waals surface area contributed by atoms with E-state index in [0.717, 1.165) is 22.0 Å². The number of fused-ring (bicyclic) bond motifs is 1. The number of aromatic amines is 1. The van der Waals surface area contributed by atoms with Crippen molar-refractivity contribution in [1.29, 1.82) is 0 Å². The zero-order chi connectivity index (χ0) is 39.1. The molecular weight excluding hydrogens is 680 g/mol. The fraction of sp³-hybridized carbons (Fsp3) is 0.487. The number of pyridine rings is 1. The lowest BCUT2D eigenvalue weighted by molar-refractivity contribution is -0.141. The monoisotopic (exact) mass is 734 g/mol. The standard InChI is InChI=1S/C38H52N6O6.CH2O2/c1-24(2)20-31-37(48)41-32(21-27-13-15-30(50-6)16-14-27)38(49)43(5)26(4)35(46)39-17-9-19-44(18-8-12-33(45)40-31)23-29-22-28-11-7-10-25(3)34(28)42-36(29)47;2-1-3/h7,10-11,13-16,22,24,26,31-32H,8-9,12,17-21,23H2,1-6H3,(H,39,46)(H,40,45)(H,41,48)(H,42,47);1H,(H,2,3)/t26-,31+,32-;/m0./s1. The summed E-state index contributed by atoms with van der Waals surface area (Å²) >= 11 is 0. The van der Waals surface area contributed by atoms with Crippen molar-refractivity contribution in [2.75, 3.05) is 33.8 Å². The molecule has 0 spiro atoms. The Labute approximate surface area is 310 Å². The molecule has 1 aliphatic rings. The number of rotatable bonds is 7. The van der Waals surface area contributed by atoms with Crippen molar-refractivity contribution < 1.29 is 33.8 Å². The summed E-state index contributed by atoms with van der Waals surface area (Å²) in [6, 6.07) is 12.4.